The molecule has 0 radical (unpaired) electrons. The molecule has 1 aliphatic heterocycles. The summed E-state index contributed by atoms with van der Waals surface area (Å²) in [6.45, 7) is 14.0. The van der Waals surface area contributed by atoms with Gasteiger partial charge in [-0.05, 0) is 70.0 Å². The number of amides is 1. The number of nitrogens with two attached hydrogens (primary N) is 1. The Labute approximate surface area is 240 Å². The Morgan fingerprint density at radius 2 is 1.85 bits per heavy atom. The van der Waals surface area contributed by atoms with Crippen LogP contribution in [0.3, 0.4) is 0 Å². The smallest absolute Gasteiger partial charge is 0.247 e. The van der Waals surface area contributed by atoms with Gasteiger partial charge in [-0.2, -0.15) is 0 Å². The predicted molar refractivity (Wildman–Crippen MR) is 169 cm³/mol. The lowest BCUT2D eigenvalue weighted by Crippen LogP contribution is -2.39. The Kier molecular flexibility index (Phi) is 11.3. The van der Waals surface area contributed by atoms with E-state index in [0.29, 0.717) is 17.1 Å². The number of nitrogens with one attached hydrogen (secondary N) is 2. The molecule has 218 valence electrons. The van der Waals surface area contributed by atoms with E-state index < -0.39 is 0 Å². The van der Waals surface area contributed by atoms with Crippen molar-refractivity contribution >= 4 is 34.6 Å². The van der Waals surface area contributed by atoms with Gasteiger partial charge in [0.25, 0.3) is 0 Å². The topological polar surface area (TPSA) is 98.5 Å². The summed E-state index contributed by atoms with van der Waals surface area (Å²) in [4.78, 5) is 23.9. The van der Waals surface area contributed by atoms with Crippen molar-refractivity contribution in [2.45, 2.75) is 52.1 Å². The number of hydrogen-bond acceptors (Lipinski definition) is 6. The quantitative estimate of drug-likeness (QED) is 0.192. The van der Waals surface area contributed by atoms with Crippen LogP contribution in [-0.2, 0) is 11.2 Å². The SMILES string of the molecule is C=CC(=O)Nc1cc(NC(N)=NC(C)[C@H](C)N(C)c2ccccc2CC)c(OC)cc1N(C)CCN1CCCC1. The lowest BCUT2D eigenvalue weighted by Gasteiger charge is -2.31. The molecule has 0 spiro atoms. The van der Waals surface area contributed by atoms with Gasteiger partial charge in [0.05, 0.1) is 30.2 Å². The van der Waals surface area contributed by atoms with Gasteiger partial charge in [-0.15, -0.1) is 0 Å². The number of guanidine groups is 1. The Balaban J connectivity index is 1.81. The summed E-state index contributed by atoms with van der Waals surface area (Å²) in [5.41, 5.74) is 11.0. The summed E-state index contributed by atoms with van der Waals surface area (Å²) in [5, 5.41) is 6.15. The second-order valence-corrected chi connectivity index (χ2v) is 10.4. The van der Waals surface area contributed by atoms with Gasteiger partial charge in [-0.3, -0.25) is 4.79 Å². The van der Waals surface area contributed by atoms with Crippen molar-refractivity contribution in [1.82, 2.24) is 4.90 Å². The van der Waals surface area contributed by atoms with Crippen molar-refractivity contribution in [3.8, 4) is 5.75 Å². The zero-order valence-electron chi connectivity index (χ0n) is 25.0. The average molecular weight is 550 g/mol. The largest absolute Gasteiger partial charge is 0.494 e. The summed E-state index contributed by atoms with van der Waals surface area (Å²) >= 11 is 0. The molecule has 2 atom stereocenters. The first-order valence-electron chi connectivity index (χ1n) is 14.2. The van der Waals surface area contributed by atoms with Crippen molar-refractivity contribution in [2.24, 2.45) is 10.7 Å². The maximum atomic E-state index is 12.3. The Morgan fingerprint density at radius 1 is 1.15 bits per heavy atom. The number of benzene rings is 2. The third-order valence-corrected chi connectivity index (χ3v) is 7.79. The highest BCUT2D eigenvalue weighted by Gasteiger charge is 2.21. The van der Waals surface area contributed by atoms with E-state index in [2.05, 4.69) is 84.0 Å². The van der Waals surface area contributed by atoms with E-state index in [4.69, 9.17) is 15.5 Å². The van der Waals surface area contributed by atoms with Crippen molar-refractivity contribution in [3.63, 3.8) is 0 Å². The third kappa shape index (κ3) is 7.91. The van der Waals surface area contributed by atoms with Crippen LogP contribution in [0.15, 0.2) is 54.0 Å². The molecule has 2 aromatic rings. The molecule has 1 unspecified atom stereocenters. The van der Waals surface area contributed by atoms with Crippen LogP contribution in [0.5, 0.6) is 5.75 Å². The fraction of sp³-hybridized carbons (Fsp3) is 0.484. The zero-order valence-corrected chi connectivity index (χ0v) is 25.0. The summed E-state index contributed by atoms with van der Waals surface area (Å²) in [6.07, 6.45) is 4.72. The number of nitrogens with zero attached hydrogens (tertiary/aromatic N) is 4. The highest BCUT2D eigenvalue weighted by Crippen LogP contribution is 2.37. The minimum atomic E-state index is -0.287. The number of ether oxygens (including phenoxy) is 1. The zero-order chi connectivity index (χ0) is 29.2. The second-order valence-electron chi connectivity index (χ2n) is 10.4. The highest BCUT2D eigenvalue weighted by molar-refractivity contribution is 6.03. The van der Waals surface area contributed by atoms with Crippen molar-refractivity contribution in [2.75, 3.05) is 67.8 Å². The Hall–Kier alpha value is -3.72. The van der Waals surface area contributed by atoms with Crippen LogP contribution in [-0.4, -0.2) is 76.2 Å². The molecule has 0 aliphatic carbocycles. The second kappa shape index (κ2) is 14.6. The van der Waals surface area contributed by atoms with E-state index in [-0.39, 0.29) is 24.0 Å². The number of carbonyl (C=O) groups is 1. The van der Waals surface area contributed by atoms with E-state index in [0.717, 1.165) is 38.3 Å². The van der Waals surface area contributed by atoms with E-state index in [9.17, 15) is 4.79 Å². The number of para-hydroxylation sites is 1. The number of anilines is 4. The molecular formula is C31H47N7O2. The molecule has 2 aromatic carbocycles. The molecule has 9 heteroatoms. The number of carbonyl (C=O) groups excluding carboxylic acids is 1. The molecule has 9 nitrogen and oxygen atoms in total. The summed E-state index contributed by atoms with van der Waals surface area (Å²) < 4.78 is 5.72. The van der Waals surface area contributed by atoms with E-state index in [1.165, 1.54) is 30.2 Å². The van der Waals surface area contributed by atoms with Crippen LogP contribution in [0.25, 0.3) is 0 Å². The van der Waals surface area contributed by atoms with Gasteiger partial charge in [0.2, 0.25) is 5.91 Å². The maximum absolute atomic E-state index is 12.3. The normalized spacial score (nSPS) is 15.3. The van der Waals surface area contributed by atoms with Crippen LogP contribution in [0, 0.1) is 0 Å². The molecule has 0 aromatic heterocycles. The first-order valence-corrected chi connectivity index (χ1v) is 14.2. The monoisotopic (exact) mass is 549 g/mol. The van der Waals surface area contributed by atoms with Gasteiger partial charge in [0, 0.05) is 45.0 Å². The maximum Gasteiger partial charge on any atom is 0.247 e. The van der Waals surface area contributed by atoms with E-state index in [1.807, 2.05) is 19.2 Å². The molecular weight excluding hydrogens is 502 g/mol. The molecule has 1 saturated heterocycles. The summed E-state index contributed by atoms with van der Waals surface area (Å²) in [7, 11) is 5.73. The van der Waals surface area contributed by atoms with E-state index in [1.54, 1.807) is 7.11 Å². The van der Waals surface area contributed by atoms with Gasteiger partial charge < -0.3 is 35.8 Å². The first-order chi connectivity index (χ1) is 19.2. The fourth-order valence-corrected chi connectivity index (χ4v) is 5.05. The van der Waals surface area contributed by atoms with Crippen molar-refractivity contribution in [3.05, 3.63) is 54.6 Å². The van der Waals surface area contributed by atoms with Crippen molar-refractivity contribution in [1.29, 1.82) is 0 Å². The van der Waals surface area contributed by atoms with Gasteiger partial charge >= 0.3 is 0 Å². The number of rotatable bonds is 13. The van der Waals surface area contributed by atoms with Gasteiger partial charge in [0.1, 0.15) is 5.75 Å². The molecule has 4 N–H and O–H groups in total. The standard InChI is InChI=1S/C31H47N7O2/c1-8-24-14-10-11-15-27(24)37(6)23(4)22(3)33-31(32)35-26-20-25(34-30(39)9-2)28(21-29(26)40-7)36(5)18-19-38-16-12-13-17-38/h9-11,14-15,20-23H,2,8,12-13,16-19H2,1,3-7H3,(H,34,39)(H3,32,33,35)/t22?,23-/m0/s1. The number of hydrogen-bond donors (Lipinski definition) is 3. The minimum absolute atomic E-state index is 0.0932. The lowest BCUT2D eigenvalue weighted by molar-refractivity contribution is -0.111. The molecule has 1 heterocycles. The number of likely N-dealkylation sites (tertiary alicyclic amines) is 1. The minimum Gasteiger partial charge on any atom is -0.494 e. The number of methoxy groups -OCH3 is 1. The molecule has 3 rings (SSSR count). The molecule has 1 fully saturated rings. The predicted octanol–water partition coefficient (Wildman–Crippen LogP) is 4.55. The average Bonchev–Trinajstić information content (AvgIpc) is 3.48. The van der Waals surface area contributed by atoms with Crippen LogP contribution in [0.1, 0.15) is 39.2 Å². The molecule has 40 heavy (non-hydrogen) atoms. The Bertz CT molecular complexity index is 1180. The van der Waals surface area contributed by atoms with Crippen LogP contribution in [0.2, 0.25) is 0 Å². The third-order valence-electron chi connectivity index (χ3n) is 7.79. The first kappa shape index (κ1) is 30.8. The number of aryl methyl sites for hydroxylation is 1. The van der Waals surface area contributed by atoms with Gasteiger partial charge in [0.15, 0.2) is 5.96 Å². The van der Waals surface area contributed by atoms with Crippen molar-refractivity contribution < 1.29 is 9.53 Å². The fourth-order valence-electron chi connectivity index (χ4n) is 5.05. The van der Waals surface area contributed by atoms with Crippen LogP contribution < -0.4 is 30.9 Å². The number of aliphatic imine (C=N–C) groups is 1. The van der Waals surface area contributed by atoms with Gasteiger partial charge in [-0.1, -0.05) is 31.7 Å². The van der Waals surface area contributed by atoms with Gasteiger partial charge in [-0.25, -0.2) is 4.99 Å². The summed E-state index contributed by atoms with van der Waals surface area (Å²) in [5.74, 6) is 0.586. The Morgan fingerprint density at radius 3 is 2.50 bits per heavy atom. The highest BCUT2D eigenvalue weighted by atomic mass is 16.5. The van der Waals surface area contributed by atoms with Crippen LogP contribution in [0.4, 0.5) is 22.7 Å². The summed E-state index contributed by atoms with van der Waals surface area (Å²) in [6, 6.07) is 12.2. The number of likely N-dealkylation sites (N-methyl/N-ethyl adjacent to an activating group) is 2. The van der Waals surface area contributed by atoms with Crippen LogP contribution >= 0.6 is 0 Å². The molecule has 0 saturated carbocycles. The molecule has 1 amide bonds. The molecule has 1 aliphatic rings. The lowest BCUT2D eigenvalue weighted by atomic mass is 10.1. The molecule has 0 bridgehead atoms. The van der Waals surface area contributed by atoms with E-state index >= 15 is 0 Å².